The molecule has 0 bridgehead atoms. The Bertz CT molecular complexity index is 467. The number of rotatable bonds is 7. The van der Waals surface area contributed by atoms with Crippen molar-refractivity contribution in [3.8, 4) is 11.5 Å². The van der Waals surface area contributed by atoms with E-state index in [0.29, 0.717) is 24.5 Å². The first-order valence-electron chi connectivity index (χ1n) is 6.34. The maximum atomic E-state index is 11.1. The van der Waals surface area contributed by atoms with E-state index in [4.69, 9.17) is 14.2 Å². The van der Waals surface area contributed by atoms with Crippen LogP contribution in [0, 0.1) is 0 Å². The molecule has 20 heavy (non-hydrogen) atoms. The summed E-state index contributed by atoms with van der Waals surface area (Å²) in [5.41, 5.74) is 0.878. The Morgan fingerprint density at radius 3 is 2.60 bits per heavy atom. The van der Waals surface area contributed by atoms with E-state index in [2.05, 4.69) is 0 Å². The third-order valence-corrected chi connectivity index (χ3v) is 2.63. The summed E-state index contributed by atoms with van der Waals surface area (Å²) >= 11 is 0. The van der Waals surface area contributed by atoms with E-state index in [0.717, 1.165) is 5.56 Å². The quantitative estimate of drug-likeness (QED) is 0.608. The molecule has 0 aliphatic heterocycles. The highest BCUT2D eigenvalue weighted by molar-refractivity contribution is 5.81. The Balaban J connectivity index is 2.66. The van der Waals surface area contributed by atoms with Gasteiger partial charge in [-0.15, -0.1) is 0 Å². The minimum atomic E-state index is -0.766. The number of aliphatic hydroxyl groups excluding tert-OH is 1. The fourth-order valence-corrected chi connectivity index (χ4v) is 1.70. The lowest BCUT2D eigenvalue weighted by atomic mass is 10.1. The van der Waals surface area contributed by atoms with Crippen molar-refractivity contribution in [3.63, 3.8) is 0 Å². The minimum Gasteiger partial charge on any atom is -0.493 e. The van der Waals surface area contributed by atoms with E-state index >= 15 is 0 Å². The van der Waals surface area contributed by atoms with Crippen molar-refractivity contribution in [2.75, 3.05) is 20.8 Å². The first-order chi connectivity index (χ1) is 9.60. The summed E-state index contributed by atoms with van der Waals surface area (Å²) < 4.78 is 15.1. The summed E-state index contributed by atoms with van der Waals surface area (Å²) in [6.07, 6.45) is 2.25. The van der Waals surface area contributed by atoms with Gasteiger partial charge in [0.15, 0.2) is 11.5 Å². The number of hydrogen-bond acceptors (Lipinski definition) is 5. The van der Waals surface area contributed by atoms with Crippen LogP contribution in [0.3, 0.4) is 0 Å². The van der Waals surface area contributed by atoms with Gasteiger partial charge in [-0.05, 0) is 30.7 Å². The smallest absolute Gasteiger partial charge is 0.330 e. The number of methoxy groups -OCH3 is 2. The normalized spacial score (nSPS) is 12.2. The third kappa shape index (κ3) is 4.93. The van der Waals surface area contributed by atoms with Crippen molar-refractivity contribution in [2.24, 2.45) is 0 Å². The Morgan fingerprint density at radius 1 is 1.30 bits per heavy atom. The van der Waals surface area contributed by atoms with Crippen molar-refractivity contribution in [3.05, 3.63) is 35.9 Å². The molecule has 0 spiro atoms. The summed E-state index contributed by atoms with van der Waals surface area (Å²) in [7, 11) is 3.12. The summed E-state index contributed by atoms with van der Waals surface area (Å²) in [6.45, 7) is 2.04. The molecule has 1 aromatic carbocycles. The molecular formula is C15H20O5. The number of carbonyl (C=O) groups excluding carboxylic acids is 1. The third-order valence-electron chi connectivity index (χ3n) is 2.63. The predicted molar refractivity (Wildman–Crippen MR) is 75.0 cm³/mol. The first kappa shape index (κ1) is 16.0. The monoisotopic (exact) mass is 280 g/mol. The molecule has 1 N–H and O–H groups in total. The maximum absolute atomic E-state index is 11.1. The first-order valence-corrected chi connectivity index (χ1v) is 6.34. The molecule has 0 saturated heterocycles. The lowest BCUT2D eigenvalue weighted by Crippen LogP contribution is -2.09. The van der Waals surface area contributed by atoms with Gasteiger partial charge >= 0.3 is 5.97 Å². The van der Waals surface area contributed by atoms with Crippen LogP contribution < -0.4 is 9.47 Å². The molecule has 0 saturated carbocycles. The molecule has 0 aliphatic rings. The molecule has 0 aromatic heterocycles. The number of aliphatic hydroxyl groups is 1. The molecule has 0 fully saturated rings. The Hall–Kier alpha value is -2.01. The van der Waals surface area contributed by atoms with E-state index < -0.39 is 12.1 Å². The van der Waals surface area contributed by atoms with Gasteiger partial charge in [0.25, 0.3) is 0 Å². The van der Waals surface area contributed by atoms with Gasteiger partial charge in [0.1, 0.15) is 0 Å². The molecule has 1 atom stereocenters. The lowest BCUT2D eigenvalue weighted by Gasteiger charge is -2.11. The van der Waals surface area contributed by atoms with E-state index in [-0.39, 0.29) is 0 Å². The average Bonchev–Trinajstić information content (AvgIpc) is 2.45. The standard InChI is InChI=1S/C15H20O5/c1-4-20-15(17)8-6-12(16)9-11-5-7-13(18-2)14(10-11)19-3/h5-8,10,12,16H,4,9H2,1-3H3/b8-6+/t12-/m0/s1. The Morgan fingerprint density at radius 2 is 2.00 bits per heavy atom. The van der Waals surface area contributed by atoms with Crippen molar-refractivity contribution >= 4 is 5.97 Å². The highest BCUT2D eigenvalue weighted by Crippen LogP contribution is 2.27. The summed E-state index contributed by atoms with van der Waals surface area (Å²) in [4.78, 5) is 11.1. The van der Waals surface area contributed by atoms with Crippen LogP contribution in [-0.4, -0.2) is 38.0 Å². The van der Waals surface area contributed by atoms with Crippen LogP contribution in [0.4, 0.5) is 0 Å². The van der Waals surface area contributed by atoms with Gasteiger partial charge in [0.05, 0.1) is 26.9 Å². The topological polar surface area (TPSA) is 65.0 Å². The second kappa shape index (κ2) is 8.22. The van der Waals surface area contributed by atoms with Gasteiger partial charge in [-0.3, -0.25) is 0 Å². The zero-order chi connectivity index (χ0) is 15.0. The van der Waals surface area contributed by atoms with Crippen molar-refractivity contribution in [2.45, 2.75) is 19.4 Å². The van der Waals surface area contributed by atoms with Crippen LogP contribution in [0.15, 0.2) is 30.4 Å². The highest BCUT2D eigenvalue weighted by Gasteiger charge is 2.08. The van der Waals surface area contributed by atoms with Crippen LogP contribution in [0.1, 0.15) is 12.5 Å². The number of hydrogen-bond donors (Lipinski definition) is 1. The van der Waals surface area contributed by atoms with E-state index in [1.165, 1.54) is 12.2 Å². The molecule has 110 valence electrons. The number of esters is 1. The molecule has 5 heteroatoms. The van der Waals surface area contributed by atoms with Crippen LogP contribution in [-0.2, 0) is 16.0 Å². The van der Waals surface area contributed by atoms with Crippen LogP contribution in [0.5, 0.6) is 11.5 Å². The molecular weight excluding hydrogens is 260 g/mol. The van der Waals surface area contributed by atoms with E-state index in [1.54, 1.807) is 33.3 Å². The van der Waals surface area contributed by atoms with Crippen LogP contribution in [0.2, 0.25) is 0 Å². The maximum Gasteiger partial charge on any atom is 0.330 e. The second-order valence-corrected chi connectivity index (χ2v) is 4.07. The van der Waals surface area contributed by atoms with Crippen LogP contribution in [0.25, 0.3) is 0 Å². The van der Waals surface area contributed by atoms with Gasteiger partial charge in [-0.2, -0.15) is 0 Å². The van der Waals surface area contributed by atoms with Gasteiger partial charge in [-0.1, -0.05) is 6.07 Å². The Labute approximate surface area is 118 Å². The zero-order valence-corrected chi connectivity index (χ0v) is 12.0. The highest BCUT2D eigenvalue weighted by atomic mass is 16.5. The van der Waals surface area contributed by atoms with Crippen molar-refractivity contribution in [1.82, 2.24) is 0 Å². The predicted octanol–water partition coefficient (Wildman–Crippen LogP) is 1.73. The molecule has 0 unspecified atom stereocenters. The van der Waals surface area contributed by atoms with Gasteiger partial charge in [0, 0.05) is 12.5 Å². The second-order valence-electron chi connectivity index (χ2n) is 4.07. The minimum absolute atomic E-state index is 0.314. The molecule has 0 radical (unpaired) electrons. The van der Waals surface area contributed by atoms with Crippen molar-refractivity contribution < 1.29 is 24.1 Å². The molecule has 5 nitrogen and oxygen atoms in total. The number of benzene rings is 1. The lowest BCUT2D eigenvalue weighted by molar-refractivity contribution is -0.137. The molecule has 1 rings (SSSR count). The van der Waals surface area contributed by atoms with Gasteiger partial charge < -0.3 is 19.3 Å². The van der Waals surface area contributed by atoms with E-state index in [9.17, 15) is 9.90 Å². The zero-order valence-electron chi connectivity index (χ0n) is 12.0. The largest absolute Gasteiger partial charge is 0.493 e. The number of ether oxygens (including phenoxy) is 3. The summed E-state index contributed by atoms with van der Waals surface area (Å²) in [5, 5.41) is 9.84. The van der Waals surface area contributed by atoms with Gasteiger partial charge in [-0.25, -0.2) is 4.79 Å². The molecule has 1 aromatic rings. The summed E-state index contributed by atoms with van der Waals surface area (Å²) in [5.74, 6) is 0.776. The van der Waals surface area contributed by atoms with Gasteiger partial charge in [0.2, 0.25) is 0 Å². The molecule has 0 aliphatic carbocycles. The molecule has 0 amide bonds. The van der Waals surface area contributed by atoms with E-state index in [1.807, 2.05) is 6.07 Å². The van der Waals surface area contributed by atoms with Crippen molar-refractivity contribution in [1.29, 1.82) is 0 Å². The van der Waals surface area contributed by atoms with Crippen LogP contribution >= 0.6 is 0 Å². The summed E-state index contributed by atoms with van der Waals surface area (Å²) in [6, 6.07) is 5.40. The number of carbonyl (C=O) groups is 1. The SMILES string of the molecule is CCOC(=O)/C=C/[C@H](O)Cc1ccc(OC)c(OC)c1. The fraction of sp³-hybridized carbons (Fsp3) is 0.400. The fourth-order valence-electron chi connectivity index (χ4n) is 1.70. The average molecular weight is 280 g/mol. The molecule has 0 heterocycles. The Kier molecular flexibility index (Phi) is 6.59.